The van der Waals surface area contributed by atoms with Crippen LogP contribution in [0.1, 0.15) is 18.9 Å². The van der Waals surface area contributed by atoms with E-state index in [1.54, 1.807) is 13.0 Å². The number of ether oxygens (including phenoxy) is 1. The lowest BCUT2D eigenvalue weighted by Crippen LogP contribution is -2.17. The molecular formula is C11H17N3O3S. The van der Waals surface area contributed by atoms with Crippen molar-refractivity contribution in [2.45, 2.75) is 13.3 Å². The Labute approximate surface area is 107 Å². The van der Waals surface area contributed by atoms with E-state index in [4.69, 9.17) is 15.9 Å². The summed E-state index contributed by atoms with van der Waals surface area (Å²) < 4.78 is 30.8. The van der Waals surface area contributed by atoms with Crippen LogP contribution < -0.4 is 15.2 Å². The van der Waals surface area contributed by atoms with Gasteiger partial charge in [-0.1, -0.05) is 6.92 Å². The lowest BCUT2D eigenvalue weighted by atomic mass is 10.2. The first-order valence-corrected chi connectivity index (χ1v) is 7.07. The summed E-state index contributed by atoms with van der Waals surface area (Å²) in [4.78, 5) is 0. The van der Waals surface area contributed by atoms with Gasteiger partial charge in [-0.15, -0.1) is 0 Å². The molecule has 4 N–H and O–H groups in total. The van der Waals surface area contributed by atoms with Crippen LogP contribution >= 0.6 is 0 Å². The first-order chi connectivity index (χ1) is 8.39. The van der Waals surface area contributed by atoms with Gasteiger partial charge in [0.05, 0.1) is 18.6 Å². The number of anilines is 1. The Bertz CT molecular complexity index is 540. The molecule has 100 valence electrons. The van der Waals surface area contributed by atoms with E-state index in [0.717, 1.165) is 0 Å². The summed E-state index contributed by atoms with van der Waals surface area (Å²) in [6, 6.07) is 4.61. The standard InChI is InChI=1S/C11H17N3O3S/c1-3-6-18(15,16)14-9-5-4-8(11(12)13)7-10(9)17-2/h4-5,7,14H,3,6H2,1-2H3,(H3,12,13). The lowest BCUT2D eigenvalue weighted by molar-refractivity contribution is 0.417. The summed E-state index contributed by atoms with van der Waals surface area (Å²) >= 11 is 0. The average Bonchev–Trinajstić information content (AvgIpc) is 2.28. The molecule has 0 spiro atoms. The molecule has 1 rings (SSSR count). The van der Waals surface area contributed by atoms with Gasteiger partial charge in [0.2, 0.25) is 10.0 Å². The maximum Gasteiger partial charge on any atom is 0.232 e. The van der Waals surface area contributed by atoms with Crippen LogP contribution in [0.4, 0.5) is 5.69 Å². The number of methoxy groups -OCH3 is 1. The molecule has 0 heterocycles. The monoisotopic (exact) mass is 271 g/mol. The van der Waals surface area contributed by atoms with Crippen molar-refractivity contribution in [1.82, 2.24) is 0 Å². The molecule has 0 saturated heterocycles. The van der Waals surface area contributed by atoms with Crippen LogP contribution in [0.15, 0.2) is 18.2 Å². The quantitative estimate of drug-likeness (QED) is 0.532. The van der Waals surface area contributed by atoms with Gasteiger partial charge in [-0.2, -0.15) is 0 Å². The third kappa shape index (κ3) is 3.63. The highest BCUT2D eigenvalue weighted by atomic mass is 32.2. The molecule has 0 aromatic heterocycles. The van der Waals surface area contributed by atoms with Crippen molar-refractivity contribution >= 4 is 21.5 Å². The maximum absolute atomic E-state index is 11.7. The molecule has 0 atom stereocenters. The molecule has 0 aliphatic heterocycles. The largest absolute Gasteiger partial charge is 0.495 e. The van der Waals surface area contributed by atoms with E-state index in [0.29, 0.717) is 23.4 Å². The smallest absolute Gasteiger partial charge is 0.232 e. The number of benzene rings is 1. The molecule has 0 unspecified atom stereocenters. The zero-order chi connectivity index (χ0) is 13.8. The molecule has 0 saturated carbocycles. The van der Waals surface area contributed by atoms with Crippen LogP contribution in [0.3, 0.4) is 0 Å². The van der Waals surface area contributed by atoms with Gasteiger partial charge < -0.3 is 10.5 Å². The minimum absolute atomic E-state index is 0.0462. The molecular weight excluding hydrogens is 254 g/mol. The topological polar surface area (TPSA) is 105 Å². The molecule has 0 bridgehead atoms. The Hall–Kier alpha value is -1.76. The predicted molar refractivity (Wildman–Crippen MR) is 71.7 cm³/mol. The van der Waals surface area contributed by atoms with E-state index in [2.05, 4.69) is 4.72 Å². The van der Waals surface area contributed by atoms with Gasteiger partial charge in [-0.25, -0.2) is 8.42 Å². The summed E-state index contributed by atoms with van der Waals surface area (Å²) in [6.07, 6.45) is 0.531. The van der Waals surface area contributed by atoms with Crippen molar-refractivity contribution < 1.29 is 13.2 Å². The van der Waals surface area contributed by atoms with Crippen molar-refractivity contribution in [2.24, 2.45) is 5.73 Å². The van der Waals surface area contributed by atoms with E-state index in [1.165, 1.54) is 19.2 Å². The molecule has 6 nitrogen and oxygen atoms in total. The van der Waals surface area contributed by atoms with Crippen LogP contribution in [-0.2, 0) is 10.0 Å². The van der Waals surface area contributed by atoms with E-state index >= 15 is 0 Å². The number of hydrogen-bond acceptors (Lipinski definition) is 4. The zero-order valence-corrected chi connectivity index (χ0v) is 11.2. The highest BCUT2D eigenvalue weighted by molar-refractivity contribution is 7.92. The SMILES string of the molecule is CCCS(=O)(=O)Nc1ccc(C(=N)N)cc1OC. The van der Waals surface area contributed by atoms with E-state index in [-0.39, 0.29) is 11.6 Å². The van der Waals surface area contributed by atoms with Crippen molar-refractivity contribution in [3.8, 4) is 5.75 Å². The van der Waals surface area contributed by atoms with E-state index < -0.39 is 10.0 Å². The Morgan fingerprint density at radius 2 is 2.17 bits per heavy atom. The van der Waals surface area contributed by atoms with Gasteiger partial charge in [-0.3, -0.25) is 10.1 Å². The van der Waals surface area contributed by atoms with Crippen LogP contribution in [0.2, 0.25) is 0 Å². The Kier molecular flexibility index (Phi) is 4.55. The fourth-order valence-corrected chi connectivity index (χ4v) is 2.57. The number of nitrogens with two attached hydrogens (primary N) is 1. The van der Waals surface area contributed by atoms with Gasteiger partial charge in [-0.05, 0) is 24.6 Å². The minimum atomic E-state index is -3.37. The predicted octanol–water partition coefficient (Wildman–Crippen LogP) is 1.13. The molecule has 0 fully saturated rings. The first kappa shape index (κ1) is 14.3. The fourth-order valence-electron chi connectivity index (χ4n) is 1.43. The van der Waals surface area contributed by atoms with Crippen molar-refractivity contribution in [2.75, 3.05) is 17.6 Å². The molecule has 7 heteroatoms. The highest BCUT2D eigenvalue weighted by Crippen LogP contribution is 2.26. The minimum Gasteiger partial charge on any atom is -0.495 e. The second kappa shape index (κ2) is 5.72. The van der Waals surface area contributed by atoms with Crippen LogP contribution in [-0.4, -0.2) is 27.1 Å². The molecule has 0 amide bonds. The second-order valence-electron chi connectivity index (χ2n) is 3.75. The molecule has 0 radical (unpaired) electrons. The van der Waals surface area contributed by atoms with E-state index in [9.17, 15) is 8.42 Å². The first-order valence-electron chi connectivity index (χ1n) is 5.42. The lowest BCUT2D eigenvalue weighted by Gasteiger charge is -2.12. The summed E-state index contributed by atoms with van der Waals surface area (Å²) in [5.41, 5.74) is 6.17. The number of amidine groups is 1. The van der Waals surface area contributed by atoms with Gasteiger partial charge in [0.15, 0.2) is 0 Å². The van der Waals surface area contributed by atoms with Crippen LogP contribution in [0, 0.1) is 5.41 Å². The van der Waals surface area contributed by atoms with Crippen LogP contribution in [0.5, 0.6) is 5.75 Å². The van der Waals surface area contributed by atoms with Crippen molar-refractivity contribution in [3.05, 3.63) is 23.8 Å². The summed E-state index contributed by atoms with van der Waals surface area (Å²) in [7, 11) is -1.94. The third-order valence-corrected chi connectivity index (χ3v) is 3.73. The Balaban J connectivity index is 3.07. The summed E-state index contributed by atoms with van der Waals surface area (Å²) in [5, 5.41) is 7.31. The maximum atomic E-state index is 11.7. The number of nitrogens with one attached hydrogen (secondary N) is 2. The fraction of sp³-hybridized carbons (Fsp3) is 0.364. The summed E-state index contributed by atoms with van der Waals surface area (Å²) in [6.45, 7) is 1.79. The number of hydrogen-bond donors (Lipinski definition) is 3. The van der Waals surface area contributed by atoms with Gasteiger partial charge >= 0.3 is 0 Å². The number of sulfonamides is 1. The Morgan fingerprint density at radius 1 is 1.50 bits per heavy atom. The Morgan fingerprint density at radius 3 is 2.67 bits per heavy atom. The molecule has 1 aromatic carbocycles. The van der Waals surface area contributed by atoms with Gasteiger partial charge in [0.1, 0.15) is 11.6 Å². The molecule has 1 aromatic rings. The normalized spacial score (nSPS) is 11.0. The molecule has 0 aliphatic rings. The van der Waals surface area contributed by atoms with E-state index in [1.807, 2.05) is 0 Å². The third-order valence-electron chi connectivity index (χ3n) is 2.25. The summed E-state index contributed by atoms with van der Waals surface area (Å²) in [5.74, 6) is 0.281. The van der Waals surface area contributed by atoms with Crippen LogP contribution in [0.25, 0.3) is 0 Å². The van der Waals surface area contributed by atoms with Gasteiger partial charge in [0, 0.05) is 5.56 Å². The second-order valence-corrected chi connectivity index (χ2v) is 5.59. The number of nitrogen functional groups attached to an aromatic ring is 1. The van der Waals surface area contributed by atoms with Crippen molar-refractivity contribution in [1.29, 1.82) is 5.41 Å². The molecule has 0 aliphatic carbocycles. The molecule has 18 heavy (non-hydrogen) atoms. The van der Waals surface area contributed by atoms with Crippen molar-refractivity contribution in [3.63, 3.8) is 0 Å². The van der Waals surface area contributed by atoms with Gasteiger partial charge in [0.25, 0.3) is 0 Å². The highest BCUT2D eigenvalue weighted by Gasteiger charge is 2.13. The zero-order valence-electron chi connectivity index (χ0n) is 10.4. The average molecular weight is 271 g/mol. The number of rotatable bonds is 6.